The molecule has 0 heterocycles. The molecule has 102 valence electrons. The molecular formula is C14H12ClN3O2. The first-order chi connectivity index (χ1) is 9.61. The fraction of sp³-hybridized carbons (Fsp3) is 0.0714. The molecule has 0 bridgehead atoms. The van der Waals surface area contributed by atoms with Gasteiger partial charge in [0.05, 0.1) is 22.1 Å². The number of nitrogens with two attached hydrogens (primary N) is 1. The third-order valence-electron chi connectivity index (χ3n) is 2.69. The summed E-state index contributed by atoms with van der Waals surface area (Å²) in [6.07, 6.45) is 0. The molecular weight excluding hydrogens is 278 g/mol. The molecule has 0 atom stereocenters. The van der Waals surface area contributed by atoms with E-state index >= 15 is 0 Å². The molecule has 0 amide bonds. The van der Waals surface area contributed by atoms with Crippen molar-refractivity contribution in [2.75, 3.05) is 5.88 Å². The molecule has 2 aromatic carbocycles. The van der Waals surface area contributed by atoms with E-state index in [1.807, 2.05) is 0 Å². The molecule has 0 spiro atoms. The molecule has 0 aliphatic carbocycles. The zero-order valence-corrected chi connectivity index (χ0v) is 11.2. The van der Waals surface area contributed by atoms with E-state index in [1.165, 1.54) is 6.07 Å². The molecule has 2 N–H and O–H groups in total. The Balaban J connectivity index is 2.38. The summed E-state index contributed by atoms with van der Waals surface area (Å²) in [4.78, 5) is 14.7. The highest BCUT2D eigenvalue weighted by Crippen LogP contribution is 2.30. The first kappa shape index (κ1) is 14.0. The Morgan fingerprint density at radius 3 is 2.45 bits per heavy atom. The van der Waals surface area contributed by atoms with Gasteiger partial charge in [-0.15, -0.1) is 11.6 Å². The first-order valence-corrected chi connectivity index (χ1v) is 6.38. The summed E-state index contributed by atoms with van der Waals surface area (Å²) < 4.78 is 0. The molecule has 0 aliphatic rings. The predicted octanol–water partition coefficient (Wildman–Crippen LogP) is 3.49. The predicted molar refractivity (Wildman–Crippen MR) is 80.5 cm³/mol. The van der Waals surface area contributed by atoms with E-state index in [0.717, 1.165) is 5.56 Å². The third-order valence-corrected chi connectivity index (χ3v) is 2.96. The van der Waals surface area contributed by atoms with Gasteiger partial charge in [0, 0.05) is 6.07 Å². The molecule has 6 heteroatoms. The molecule has 2 aromatic rings. The number of hydrogen-bond donors (Lipinski definition) is 1. The molecule has 0 saturated heterocycles. The van der Waals surface area contributed by atoms with Crippen molar-refractivity contribution in [1.29, 1.82) is 0 Å². The highest BCUT2D eigenvalue weighted by molar-refractivity contribution is 6.28. The number of alkyl halides is 1. The van der Waals surface area contributed by atoms with Crippen molar-refractivity contribution in [3.05, 3.63) is 58.6 Å². The van der Waals surface area contributed by atoms with Crippen LogP contribution in [0.5, 0.6) is 0 Å². The number of nitro groups is 1. The fourth-order valence-electron chi connectivity index (χ4n) is 1.79. The number of hydrogen-bond acceptors (Lipinski definition) is 3. The van der Waals surface area contributed by atoms with Crippen molar-refractivity contribution in [2.45, 2.75) is 0 Å². The number of nitrogens with zero attached hydrogens (tertiary/aromatic N) is 2. The molecule has 0 aromatic heterocycles. The van der Waals surface area contributed by atoms with Crippen LogP contribution in [-0.2, 0) is 0 Å². The van der Waals surface area contributed by atoms with Gasteiger partial charge in [0.25, 0.3) is 5.69 Å². The lowest BCUT2D eigenvalue weighted by Crippen LogP contribution is -2.12. The van der Waals surface area contributed by atoms with E-state index in [1.54, 1.807) is 42.5 Å². The van der Waals surface area contributed by atoms with E-state index in [2.05, 4.69) is 4.99 Å². The second kappa shape index (κ2) is 6.16. The summed E-state index contributed by atoms with van der Waals surface area (Å²) in [6, 6.07) is 13.6. The number of nitro benzene ring substituents is 1. The largest absolute Gasteiger partial charge is 0.386 e. The lowest BCUT2D eigenvalue weighted by Gasteiger charge is -2.03. The summed E-state index contributed by atoms with van der Waals surface area (Å²) in [5.74, 6) is 0.483. The van der Waals surface area contributed by atoms with Gasteiger partial charge in [-0.25, -0.2) is 4.99 Å². The number of rotatable bonds is 4. The molecule has 2 rings (SSSR count). The summed E-state index contributed by atoms with van der Waals surface area (Å²) in [7, 11) is 0. The molecule has 20 heavy (non-hydrogen) atoms. The number of aliphatic imine (C=N–C) groups is 1. The quantitative estimate of drug-likeness (QED) is 0.307. The second-order valence-electron chi connectivity index (χ2n) is 4.06. The van der Waals surface area contributed by atoms with E-state index in [4.69, 9.17) is 17.3 Å². The first-order valence-electron chi connectivity index (χ1n) is 5.84. The van der Waals surface area contributed by atoms with Crippen LogP contribution in [-0.4, -0.2) is 16.6 Å². The van der Waals surface area contributed by atoms with Gasteiger partial charge in [0.15, 0.2) is 0 Å². The van der Waals surface area contributed by atoms with E-state index in [-0.39, 0.29) is 11.6 Å². The standard InChI is InChI=1S/C14H12ClN3O2/c15-9-14(16)17-11-7-5-10(6-8-11)12-3-1-2-4-13(12)18(19)20/h1-8H,9H2,(H2,16,17). The van der Waals surface area contributed by atoms with Gasteiger partial charge in [0.2, 0.25) is 0 Å². The minimum atomic E-state index is -0.396. The lowest BCUT2D eigenvalue weighted by molar-refractivity contribution is -0.384. The van der Waals surface area contributed by atoms with Crippen LogP contribution < -0.4 is 5.73 Å². The third kappa shape index (κ3) is 3.13. The average molecular weight is 290 g/mol. The second-order valence-corrected chi connectivity index (χ2v) is 4.33. The maximum Gasteiger partial charge on any atom is 0.277 e. The van der Waals surface area contributed by atoms with E-state index in [9.17, 15) is 10.1 Å². The Labute approximate surface area is 120 Å². The van der Waals surface area contributed by atoms with Gasteiger partial charge < -0.3 is 5.73 Å². The highest BCUT2D eigenvalue weighted by atomic mass is 35.5. The molecule has 0 fully saturated rings. The minimum Gasteiger partial charge on any atom is -0.386 e. The van der Waals surface area contributed by atoms with Crippen molar-refractivity contribution in [2.24, 2.45) is 10.7 Å². The molecule has 0 radical (unpaired) electrons. The topological polar surface area (TPSA) is 81.5 Å². The Kier molecular flexibility index (Phi) is 4.32. The molecule has 0 unspecified atom stereocenters. The average Bonchev–Trinajstić information content (AvgIpc) is 2.48. The molecule has 0 aliphatic heterocycles. The van der Waals surface area contributed by atoms with Gasteiger partial charge in [-0.2, -0.15) is 0 Å². The summed E-state index contributed by atoms with van der Waals surface area (Å²) >= 11 is 5.55. The maximum atomic E-state index is 11.0. The number of benzene rings is 2. The van der Waals surface area contributed by atoms with Crippen LogP contribution in [0, 0.1) is 10.1 Å². The zero-order chi connectivity index (χ0) is 14.5. The van der Waals surface area contributed by atoms with Crippen molar-refractivity contribution in [3.8, 4) is 11.1 Å². The zero-order valence-electron chi connectivity index (χ0n) is 10.5. The Morgan fingerprint density at radius 2 is 1.85 bits per heavy atom. The van der Waals surface area contributed by atoms with Gasteiger partial charge in [0.1, 0.15) is 5.84 Å². The summed E-state index contributed by atoms with van der Waals surface area (Å²) in [5.41, 5.74) is 7.60. The van der Waals surface area contributed by atoms with Gasteiger partial charge in [-0.1, -0.05) is 24.3 Å². The van der Waals surface area contributed by atoms with Crippen LogP contribution in [0.4, 0.5) is 11.4 Å². The normalized spacial score (nSPS) is 11.3. The SMILES string of the molecule is NC(CCl)=Nc1ccc(-c2ccccc2[N+](=O)[O-])cc1. The van der Waals surface area contributed by atoms with E-state index < -0.39 is 4.92 Å². The van der Waals surface area contributed by atoms with E-state index in [0.29, 0.717) is 17.1 Å². The van der Waals surface area contributed by atoms with Gasteiger partial charge in [-0.05, 0) is 23.8 Å². The fourth-order valence-corrected chi connectivity index (χ4v) is 1.85. The number of amidine groups is 1. The Bertz CT molecular complexity index is 654. The number of halogens is 1. The van der Waals surface area contributed by atoms with Gasteiger partial charge >= 0.3 is 0 Å². The van der Waals surface area contributed by atoms with Crippen molar-refractivity contribution >= 4 is 28.8 Å². The molecule has 0 saturated carbocycles. The van der Waals surface area contributed by atoms with Crippen molar-refractivity contribution < 1.29 is 4.92 Å². The van der Waals surface area contributed by atoms with Crippen LogP contribution in [0.3, 0.4) is 0 Å². The van der Waals surface area contributed by atoms with Crippen LogP contribution >= 0.6 is 11.6 Å². The van der Waals surface area contributed by atoms with Crippen LogP contribution in [0.1, 0.15) is 0 Å². The summed E-state index contributed by atoms with van der Waals surface area (Å²) in [5, 5.41) is 11.0. The van der Waals surface area contributed by atoms with Crippen LogP contribution in [0.15, 0.2) is 53.5 Å². The Morgan fingerprint density at radius 1 is 1.20 bits per heavy atom. The highest BCUT2D eigenvalue weighted by Gasteiger charge is 2.13. The van der Waals surface area contributed by atoms with Crippen molar-refractivity contribution in [1.82, 2.24) is 0 Å². The summed E-state index contributed by atoms with van der Waals surface area (Å²) in [6.45, 7) is 0. The van der Waals surface area contributed by atoms with Gasteiger partial charge in [-0.3, -0.25) is 10.1 Å². The smallest absolute Gasteiger partial charge is 0.277 e. The maximum absolute atomic E-state index is 11.0. The lowest BCUT2D eigenvalue weighted by atomic mass is 10.0. The van der Waals surface area contributed by atoms with Crippen LogP contribution in [0.25, 0.3) is 11.1 Å². The van der Waals surface area contributed by atoms with Crippen molar-refractivity contribution in [3.63, 3.8) is 0 Å². The molecule has 5 nitrogen and oxygen atoms in total. The van der Waals surface area contributed by atoms with Crippen LogP contribution in [0.2, 0.25) is 0 Å². The number of para-hydroxylation sites is 1. The monoisotopic (exact) mass is 289 g/mol. The Hall–Kier alpha value is -2.40. The minimum absolute atomic E-state index is 0.0732.